The predicted octanol–water partition coefficient (Wildman–Crippen LogP) is 6.13. The molecule has 3 heterocycles. The minimum Gasteiger partial charge on any atom is -0.497 e. The molecule has 0 aliphatic carbocycles. The van der Waals surface area contributed by atoms with Gasteiger partial charge in [0.25, 0.3) is 5.56 Å². The van der Waals surface area contributed by atoms with Gasteiger partial charge in [-0.1, -0.05) is 18.2 Å². The Balaban J connectivity index is 1.21. The van der Waals surface area contributed by atoms with Gasteiger partial charge in [-0.05, 0) is 88.3 Å². The van der Waals surface area contributed by atoms with Crippen LogP contribution in [-0.2, 0) is 13.0 Å². The minimum atomic E-state index is -0.681. The highest BCUT2D eigenvalue weighted by Gasteiger charge is 2.19. The smallest absolute Gasteiger partial charge is 0.282 e. The van der Waals surface area contributed by atoms with Crippen molar-refractivity contribution in [1.29, 1.82) is 0 Å². The molecule has 6 aromatic rings. The lowest BCUT2D eigenvalue weighted by atomic mass is 10.0. The maximum atomic E-state index is 15.2. The normalized spacial score (nSPS) is 11.1. The van der Waals surface area contributed by atoms with Gasteiger partial charge in [-0.2, -0.15) is 14.9 Å². The molecule has 0 spiro atoms. The van der Waals surface area contributed by atoms with Crippen LogP contribution in [0.4, 0.5) is 8.78 Å². The standard InChI is InChI=1S/C32H22F2IN5O4/c1-43-23-9-2-19(3-10-23)18-39-31-29(30(35)38-39)28(13-14-36-31)44-27-11-4-20(16-25(27)34)17-26(41)24-12-15-37-40(32(24)42)22-7-5-21(33)6-8-22/h2-16H,17-18H2,1H3. The van der Waals surface area contributed by atoms with Crippen LogP contribution in [0.5, 0.6) is 17.2 Å². The molecule has 0 saturated heterocycles. The first-order chi connectivity index (χ1) is 21.3. The van der Waals surface area contributed by atoms with Crippen molar-refractivity contribution in [3.05, 3.63) is 134 Å². The Morgan fingerprint density at radius 2 is 1.66 bits per heavy atom. The molecule has 0 bridgehead atoms. The average Bonchev–Trinajstić information content (AvgIpc) is 3.35. The maximum absolute atomic E-state index is 15.2. The highest BCUT2D eigenvalue weighted by atomic mass is 127. The Hall–Kier alpha value is -4.98. The highest BCUT2D eigenvalue weighted by Crippen LogP contribution is 2.34. The summed E-state index contributed by atoms with van der Waals surface area (Å²) in [6.07, 6.45) is 2.65. The van der Waals surface area contributed by atoms with Crippen LogP contribution in [0.25, 0.3) is 16.7 Å². The van der Waals surface area contributed by atoms with Gasteiger partial charge in [0, 0.05) is 24.9 Å². The summed E-state index contributed by atoms with van der Waals surface area (Å²) in [4.78, 5) is 30.5. The Bertz CT molecular complexity index is 2060. The summed E-state index contributed by atoms with van der Waals surface area (Å²) in [5, 5.41) is 9.24. The molecule has 220 valence electrons. The number of Topliss-reactive ketones (excluding diaryl/α,β-unsaturated/α-hetero) is 1. The predicted molar refractivity (Wildman–Crippen MR) is 167 cm³/mol. The molecule has 3 aromatic carbocycles. The summed E-state index contributed by atoms with van der Waals surface area (Å²) >= 11 is 2.09. The van der Waals surface area contributed by atoms with Crippen molar-refractivity contribution < 1.29 is 23.0 Å². The Morgan fingerprint density at radius 3 is 2.39 bits per heavy atom. The second-order valence-electron chi connectivity index (χ2n) is 9.71. The van der Waals surface area contributed by atoms with E-state index in [9.17, 15) is 14.0 Å². The molecule has 0 aliphatic heterocycles. The van der Waals surface area contributed by atoms with Gasteiger partial charge in [0.05, 0.1) is 30.3 Å². The van der Waals surface area contributed by atoms with Crippen molar-refractivity contribution in [1.82, 2.24) is 24.5 Å². The number of hydrogen-bond donors (Lipinski definition) is 0. The van der Waals surface area contributed by atoms with Crippen molar-refractivity contribution >= 4 is 39.4 Å². The quantitative estimate of drug-likeness (QED) is 0.132. The number of pyridine rings is 1. The molecule has 44 heavy (non-hydrogen) atoms. The third-order valence-corrected chi connectivity index (χ3v) is 7.60. The summed E-state index contributed by atoms with van der Waals surface area (Å²) in [5.74, 6) is -0.583. The molecule has 0 radical (unpaired) electrons. The van der Waals surface area contributed by atoms with E-state index >= 15 is 4.39 Å². The molecule has 0 N–H and O–H groups in total. The molecule has 0 fully saturated rings. The van der Waals surface area contributed by atoms with Gasteiger partial charge in [-0.3, -0.25) is 9.59 Å². The van der Waals surface area contributed by atoms with E-state index in [1.807, 2.05) is 24.3 Å². The van der Waals surface area contributed by atoms with Crippen LogP contribution in [0.2, 0.25) is 0 Å². The van der Waals surface area contributed by atoms with Gasteiger partial charge >= 0.3 is 0 Å². The number of carbonyl (C=O) groups is 1. The van der Waals surface area contributed by atoms with Crippen molar-refractivity contribution in [2.75, 3.05) is 7.11 Å². The van der Waals surface area contributed by atoms with E-state index in [0.717, 1.165) is 16.0 Å². The molecule has 0 unspecified atom stereocenters. The van der Waals surface area contributed by atoms with Crippen LogP contribution >= 0.6 is 22.6 Å². The van der Waals surface area contributed by atoms with Gasteiger partial charge in [0.15, 0.2) is 23.0 Å². The number of nitrogens with zero attached hydrogens (tertiary/aromatic N) is 5. The van der Waals surface area contributed by atoms with Crippen LogP contribution in [-0.4, -0.2) is 37.4 Å². The van der Waals surface area contributed by atoms with E-state index in [-0.39, 0.29) is 17.7 Å². The number of benzene rings is 3. The van der Waals surface area contributed by atoms with E-state index in [1.165, 1.54) is 48.7 Å². The zero-order chi connectivity index (χ0) is 30.8. The molecular weight excluding hydrogens is 683 g/mol. The van der Waals surface area contributed by atoms with Crippen LogP contribution in [0, 0.1) is 15.3 Å². The summed E-state index contributed by atoms with van der Waals surface area (Å²) in [7, 11) is 1.61. The zero-order valence-electron chi connectivity index (χ0n) is 23.1. The second kappa shape index (κ2) is 12.3. The fourth-order valence-corrected chi connectivity index (χ4v) is 5.42. The molecule has 0 atom stereocenters. The maximum Gasteiger partial charge on any atom is 0.282 e. The second-order valence-corrected chi connectivity index (χ2v) is 10.7. The summed E-state index contributed by atoms with van der Waals surface area (Å²) in [6.45, 7) is 0.462. The Morgan fingerprint density at radius 1 is 0.909 bits per heavy atom. The Kier molecular flexibility index (Phi) is 8.15. The van der Waals surface area contributed by atoms with E-state index < -0.39 is 23.0 Å². The van der Waals surface area contributed by atoms with Crippen molar-refractivity contribution in [3.8, 4) is 22.9 Å². The van der Waals surface area contributed by atoms with Crippen molar-refractivity contribution in [2.24, 2.45) is 0 Å². The van der Waals surface area contributed by atoms with E-state index in [2.05, 4.69) is 37.8 Å². The molecule has 3 aromatic heterocycles. The number of carbonyl (C=O) groups excluding carboxylic acids is 1. The topological polar surface area (TPSA) is 101 Å². The highest BCUT2D eigenvalue weighted by molar-refractivity contribution is 14.1. The number of fused-ring (bicyclic) bond motifs is 1. The van der Waals surface area contributed by atoms with Gasteiger partial charge in [0.2, 0.25) is 0 Å². The summed E-state index contributed by atoms with van der Waals surface area (Å²) < 4.78 is 43.2. The summed E-state index contributed by atoms with van der Waals surface area (Å²) in [6, 6.07) is 19.9. The molecular formula is C32H22F2IN5O4. The van der Waals surface area contributed by atoms with Crippen LogP contribution in [0.3, 0.4) is 0 Å². The molecule has 6 rings (SSSR count). The van der Waals surface area contributed by atoms with E-state index in [0.29, 0.717) is 38.3 Å². The zero-order valence-corrected chi connectivity index (χ0v) is 25.2. The van der Waals surface area contributed by atoms with E-state index in [1.54, 1.807) is 30.1 Å². The van der Waals surface area contributed by atoms with Gasteiger partial charge in [0.1, 0.15) is 21.0 Å². The van der Waals surface area contributed by atoms with Crippen molar-refractivity contribution in [2.45, 2.75) is 13.0 Å². The number of hydrogen-bond acceptors (Lipinski definition) is 7. The number of rotatable bonds is 9. The minimum absolute atomic E-state index is 0.0463. The lowest BCUT2D eigenvalue weighted by molar-refractivity contribution is 0.0991. The average molecular weight is 705 g/mol. The molecule has 9 nitrogen and oxygen atoms in total. The van der Waals surface area contributed by atoms with Gasteiger partial charge < -0.3 is 9.47 Å². The Labute approximate surface area is 262 Å². The first kappa shape index (κ1) is 29.1. The fourth-order valence-electron chi connectivity index (χ4n) is 4.65. The van der Waals surface area contributed by atoms with Gasteiger partial charge in [-0.25, -0.2) is 18.4 Å². The van der Waals surface area contributed by atoms with Crippen LogP contribution < -0.4 is 15.0 Å². The monoisotopic (exact) mass is 705 g/mol. The summed E-state index contributed by atoms with van der Waals surface area (Å²) in [5.41, 5.74) is 1.46. The lowest BCUT2D eigenvalue weighted by Crippen LogP contribution is -2.27. The number of aromatic nitrogens is 5. The van der Waals surface area contributed by atoms with Crippen molar-refractivity contribution in [3.63, 3.8) is 0 Å². The van der Waals surface area contributed by atoms with Crippen LogP contribution in [0.15, 0.2) is 96.1 Å². The molecule has 12 heteroatoms. The van der Waals surface area contributed by atoms with Crippen LogP contribution in [0.1, 0.15) is 21.5 Å². The third-order valence-electron chi connectivity index (χ3n) is 6.84. The number of methoxy groups -OCH3 is 1. The lowest BCUT2D eigenvalue weighted by Gasteiger charge is -2.10. The number of halogens is 3. The van der Waals surface area contributed by atoms with Gasteiger partial charge in [-0.15, -0.1) is 0 Å². The molecule has 0 aliphatic rings. The molecule has 0 amide bonds. The largest absolute Gasteiger partial charge is 0.497 e. The first-order valence-electron chi connectivity index (χ1n) is 13.3. The number of ketones is 1. The third kappa shape index (κ3) is 5.93. The first-order valence-corrected chi connectivity index (χ1v) is 14.4. The SMILES string of the molecule is COc1ccc(Cn2nc(I)c3c(Oc4ccc(CC(=O)c5ccnn(-c6ccc(F)cc6)c5=O)cc4F)ccnc32)cc1. The number of ether oxygens (including phenoxy) is 2. The molecule has 0 saturated carbocycles. The van der Waals surface area contributed by atoms with E-state index in [4.69, 9.17) is 9.47 Å². The fraction of sp³-hybridized carbons (Fsp3) is 0.0938.